The summed E-state index contributed by atoms with van der Waals surface area (Å²) in [6.07, 6.45) is 2.63. The van der Waals surface area contributed by atoms with Gasteiger partial charge >= 0.3 is 5.69 Å². The third kappa shape index (κ3) is 6.12. The molecule has 0 bridgehead atoms. The van der Waals surface area contributed by atoms with E-state index in [9.17, 15) is 19.7 Å². The van der Waals surface area contributed by atoms with Gasteiger partial charge in [-0.25, -0.2) is 4.98 Å². The Morgan fingerprint density at radius 2 is 2.00 bits per heavy atom. The van der Waals surface area contributed by atoms with Gasteiger partial charge in [-0.1, -0.05) is 41.1 Å². The van der Waals surface area contributed by atoms with Crippen molar-refractivity contribution in [2.24, 2.45) is 5.10 Å². The first-order chi connectivity index (χ1) is 18.3. The number of benzene rings is 3. The van der Waals surface area contributed by atoms with Crippen molar-refractivity contribution >= 4 is 50.3 Å². The molecule has 0 saturated carbocycles. The number of aryl methyl sites for hydroxylation is 2. The lowest BCUT2D eigenvalue weighted by Gasteiger charge is -2.10. The van der Waals surface area contributed by atoms with Gasteiger partial charge in [0.05, 0.1) is 22.0 Å². The normalized spacial score (nSPS) is 11.1. The number of nitrogens with zero attached hydrogens (tertiary/aromatic N) is 4. The van der Waals surface area contributed by atoms with Crippen molar-refractivity contribution in [2.75, 3.05) is 11.9 Å². The SMILES string of the molecule is CCCc1nc2ccc(Br)cc2c(=O)n1N=Cc1ccc(OCC(=O)Nc2ccccc2C)c([N+](=O)[O-])c1. The zero-order valence-electron chi connectivity index (χ0n) is 20.7. The van der Waals surface area contributed by atoms with Crippen LogP contribution < -0.4 is 15.6 Å². The number of fused-ring (bicyclic) bond motifs is 1. The Kier molecular flexibility index (Phi) is 8.27. The van der Waals surface area contributed by atoms with Gasteiger partial charge in [0.1, 0.15) is 5.82 Å². The summed E-state index contributed by atoms with van der Waals surface area (Å²) in [4.78, 5) is 41.1. The maximum Gasteiger partial charge on any atom is 0.311 e. The maximum absolute atomic E-state index is 13.2. The minimum absolute atomic E-state index is 0.0619. The van der Waals surface area contributed by atoms with Gasteiger partial charge in [-0.05, 0) is 55.3 Å². The quantitative estimate of drug-likeness (QED) is 0.165. The van der Waals surface area contributed by atoms with E-state index in [2.05, 4.69) is 31.3 Å². The first-order valence-electron chi connectivity index (χ1n) is 11.8. The van der Waals surface area contributed by atoms with E-state index in [-0.39, 0.29) is 17.0 Å². The molecule has 3 aromatic carbocycles. The summed E-state index contributed by atoms with van der Waals surface area (Å²) in [5.41, 5.74) is 1.78. The highest BCUT2D eigenvalue weighted by Gasteiger charge is 2.18. The molecule has 0 atom stereocenters. The molecule has 194 valence electrons. The number of halogens is 1. The van der Waals surface area contributed by atoms with Crippen LogP contribution in [-0.4, -0.2) is 33.3 Å². The number of nitro groups is 1. The van der Waals surface area contributed by atoms with Crippen molar-refractivity contribution in [3.05, 3.63) is 103 Å². The van der Waals surface area contributed by atoms with Gasteiger partial charge in [0.15, 0.2) is 12.4 Å². The molecule has 1 N–H and O–H groups in total. The topological polar surface area (TPSA) is 129 Å². The van der Waals surface area contributed by atoms with Crippen molar-refractivity contribution in [1.82, 2.24) is 9.66 Å². The molecule has 1 heterocycles. The fourth-order valence-electron chi connectivity index (χ4n) is 3.75. The van der Waals surface area contributed by atoms with Crippen LogP contribution in [0.3, 0.4) is 0 Å². The van der Waals surface area contributed by atoms with Crippen molar-refractivity contribution in [3.63, 3.8) is 0 Å². The molecule has 11 heteroatoms. The number of carbonyl (C=O) groups is 1. The van der Waals surface area contributed by atoms with Crippen LogP contribution in [0.5, 0.6) is 5.75 Å². The number of amides is 1. The number of nitro benzene ring substituents is 1. The van der Waals surface area contributed by atoms with Gasteiger partial charge in [0.25, 0.3) is 11.5 Å². The van der Waals surface area contributed by atoms with Gasteiger partial charge in [-0.15, -0.1) is 0 Å². The van der Waals surface area contributed by atoms with Crippen molar-refractivity contribution < 1.29 is 14.5 Å². The zero-order valence-corrected chi connectivity index (χ0v) is 22.3. The van der Waals surface area contributed by atoms with Crippen molar-refractivity contribution in [3.8, 4) is 5.75 Å². The van der Waals surface area contributed by atoms with E-state index in [0.717, 1.165) is 16.5 Å². The van der Waals surface area contributed by atoms with Crippen molar-refractivity contribution in [2.45, 2.75) is 26.7 Å². The van der Waals surface area contributed by atoms with E-state index in [1.54, 1.807) is 30.3 Å². The summed E-state index contributed by atoms with van der Waals surface area (Å²) >= 11 is 3.37. The highest BCUT2D eigenvalue weighted by Crippen LogP contribution is 2.28. The third-order valence-electron chi connectivity index (χ3n) is 5.63. The molecule has 0 aliphatic rings. The number of carbonyl (C=O) groups excluding carboxylic acids is 1. The standard InChI is InChI=1S/C27H24BrN5O5/c1-3-6-25-30-22-11-10-19(28)14-20(22)27(35)32(25)29-15-18-9-12-24(23(13-18)33(36)37)38-16-26(34)31-21-8-5-4-7-17(21)2/h4-5,7-15H,3,6,16H2,1-2H3,(H,31,34). The third-order valence-corrected chi connectivity index (χ3v) is 6.12. The summed E-state index contributed by atoms with van der Waals surface area (Å²) < 4.78 is 7.40. The van der Waals surface area contributed by atoms with Crippen LogP contribution in [0, 0.1) is 17.0 Å². The van der Waals surface area contributed by atoms with E-state index in [0.29, 0.717) is 34.4 Å². The molecule has 0 spiro atoms. The number of nitrogens with one attached hydrogen (secondary N) is 1. The minimum atomic E-state index is -0.601. The number of ether oxygens (including phenoxy) is 1. The molecule has 0 fully saturated rings. The number of hydrogen-bond donors (Lipinski definition) is 1. The Morgan fingerprint density at radius 1 is 1.21 bits per heavy atom. The number of para-hydroxylation sites is 1. The number of anilines is 1. The summed E-state index contributed by atoms with van der Waals surface area (Å²) in [5.74, 6) is -0.0247. The Morgan fingerprint density at radius 3 is 2.74 bits per heavy atom. The fraction of sp³-hybridized carbons (Fsp3) is 0.185. The monoisotopic (exact) mass is 577 g/mol. The van der Waals surface area contributed by atoms with Crippen LogP contribution in [0.2, 0.25) is 0 Å². The highest BCUT2D eigenvalue weighted by atomic mass is 79.9. The highest BCUT2D eigenvalue weighted by molar-refractivity contribution is 9.10. The average Bonchev–Trinajstić information content (AvgIpc) is 2.89. The largest absolute Gasteiger partial charge is 0.477 e. The van der Waals surface area contributed by atoms with E-state index < -0.39 is 17.4 Å². The predicted molar refractivity (Wildman–Crippen MR) is 149 cm³/mol. The van der Waals surface area contributed by atoms with Crippen LogP contribution in [0.1, 0.15) is 30.3 Å². The maximum atomic E-state index is 13.2. The second-order valence-electron chi connectivity index (χ2n) is 8.44. The van der Waals surface area contributed by atoms with E-state index in [1.165, 1.54) is 23.0 Å². The molecule has 4 aromatic rings. The molecule has 0 saturated heterocycles. The molecule has 0 radical (unpaired) electrons. The van der Waals surface area contributed by atoms with Gasteiger partial charge in [0, 0.05) is 28.2 Å². The molecule has 0 aliphatic carbocycles. The van der Waals surface area contributed by atoms with E-state index >= 15 is 0 Å². The molecule has 4 rings (SSSR count). The number of hydrogen-bond acceptors (Lipinski definition) is 7. The lowest BCUT2D eigenvalue weighted by molar-refractivity contribution is -0.385. The van der Waals surface area contributed by atoms with Gasteiger partial charge in [-0.2, -0.15) is 9.78 Å². The first kappa shape index (κ1) is 26.7. The number of rotatable bonds is 9. The molecule has 1 aromatic heterocycles. The second kappa shape index (κ2) is 11.8. The first-order valence-corrected chi connectivity index (χ1v) is 12.6. The molecule has 1 amide bonds. The summed E-state index contributed by atoms with van der Waals surface area (Å²) in [5, 5.41) is 19.1. The summed E-state index contributed by atoms with van der Waals surface area (Å²) in [7, 11) is 0. The van der Waals surface area contributed by atoms with Crippen LogP contribution >= 0.6 is 15.9 Å². The minimum Gasteiger partial charge on any atom is -0.477 e. The molecular weight excluding hydrogens is 554 g/mol. The van der Waals surface area contributed by atoms with Crippen LogP contribution in [-0.2, 0) is 11.2 Å². The lowest BCUT2D eigenvalue weighted by Crippen LogP contribution is -2.22. The second-order valence-corrected chi connectivity index (χ2v) is 9.35. The van der Waals surface area contributed by atoms with Gasteiger partial charge < -0.3 is 10.1 Å². The zero-order chi connectivity index (χ0) is 27.2. The van der Waals surface area contributed by atoms with Gasteiger partial charge in [-0.3, -0.25) is 19.7 Å². The molecule has 0 unspecified atom stereocenters. The smallest absolute Gasteiger partial charge is 0.311 e. The molecule has 10 nitrogen and oxygen atoms in total. The fourth-order valence-corrected chi connectivity index (χ4v) is 4.11. The van der Waals surface area contributed by atoms with Crippen LogP contribution in [0.4, 0.5) is 11.4 Å². The number of aromatic nitrogens is 2. The van der Waals surface area contributed by atoms with Crippen LogP contribution in [0.25, 0.3) is 10.9 Å². The van der Waals surface area contributed by atoms with E-state index in [1.807, 2.05) is 32.0 Å². The molecular formula is C27H24BrN5O5. The summed E-state index contributed by atoms with van der Waals surface area (Å²) in [6, 6.07) is 16.7. The predicted octanol–water partition coefficient (Wildman–Crippen LogP) is 5.23. The van der Waals surface area contributed by atoms with Gasteiger partial charge in [0.2, 0.25) is 0 Å². The van der Waals surface area contributed by atoms with E-state index in [4.69, 9.17) is 4.74 Å². The molecule has 0 aliphatic heterocycles. The Balaban J connectivity index is 1.58. The van der Waals surface area contributed by atoms with Crippen molar-refractivity contribution in [1.29, 1.82) is 0 Å². The Bertz CT molecular complexity index is 1620. The lowest BCUT2D eigenvalue weighted by atomic mass is 10.2. The summed E-state index contributed by atoms with van der Waals surface area (Å²) in [6.45, 7) is 3.42. The molecule has 38 heavy (non-hydrogen) atoms. The average molecular weight is 578 g/mol. The van der Waals surface area contributed by atoms with Crippen LogP contribution in [0.15, 0.2) is 75.0 Å². The Hall–Kier alpha value is -4.38. The Labute approximate surface area is 226 Å².